The summed E-state index contributed by atoms with van der Waals surface area (Å²) < 4.78 is 21.3. The maximum atomic E-state index is 12.5. The number of carbonyl (C=O) groups excluding carboxylic acids is 2. The second-order valence-electron chi connectivity index (χ2n) is 6.91. The van der Waals surface area contributed by atoms with Crippen molar-refractivity contribution in [2.24, 2.45) is 0 Å². The van der Waals surface area contributed by atoms with E-state index in [0.29, 0.717) is 34.1 Å². The molecule has 0 aromatic heterocycles. The number of hydrogen-bond acceptors (Lipinski definition) is 6. The first-order chi connectivity index (χ1) is 15.6. The van der Waals surface area contributed by atoms with Gasteiger partial charge in [0.15, 0.2) is 0 Å². The molecule has 0 spiro atoms. The summed E-state index contributed by atoms with van der Waals surface area (Å²) in [6.45, 7) is 0. The number of esters is 2. The molecular formula is C26H20O6. The lowest BCUT2D eigenvalue weighted by Gasteiger charge is -2.09. The molecule has 4 aromatic carbocycles. The molecule has 0 heterocycles. The van der Waals surface area contributed by atoms with E-state index in [1.807, 2.05) is 12.1 Å². The van der Waals surface area contributed by atoms with E-state index in [-0.39, 0.29) is 0 Å². The Morgan fingerprint density at radius 3 is 1.44 bits per heavy atom. The Hall–Kier alpha value is -4.32. The summed E-state index contributed by atoms with van der Waals surface area (Å²) in [5.41, 5.74) is 0.760. The third kappa shape index (κ3) is 4.70. The minimum Gasteiger partial charge on any atom is -0.497 e. The van der Waals surface area contributed by atoms with Crippen LogP contribution in [0.3, 0.4) is 0 Å². The lowest BCUT2D eigenvalue weighted by atomic mass is 10.1. The summed E-state index contributed by atoms with van der Waals surface area (Å²) >= 11 is 0. The van der Waals surface area contributed by atoms with Gasteiger partial charge in [0.1, 0.15) is 23.0 Å². The second-order valence-corrected chi connectivity index (χ2v) is 6.91. The summed E-state index contributed by atoms with van der Waals surface area (Å²) in [5.74, 6) is 0.900. The Kier molecular flexibility index (Phi) is 6.03. The number of ether oxygens (including phenoxy) is 4. The normalized spacial score (nSPS) is 10.4. The Morgan fingerprint density at radius 1 is 0.531 bits per heavy atom. The van der Waals surface area contributed by atoms with E-state index in [4.69, 9.17) is 18.9 Å². The Bertz CT molecular complexity index is 1200. The third-order valence-corrected chi connectivity index (χ3v) is 4.82. The first-order valence-electron chi connectivity index (χ1n) is 9.82. The maximum Gasteiger partial charge on any atom is 0.343 e. The highest BCUT2D eigenvalue weighted by Gasteiger charge is 2.12. The van der Waals surface area contributed by atoms with Gasteiger partial charge in [-0.05, 0) is 71.4 Å². The first-order valence-corrected chi connectivity index (χ1v) is 9.82. The Morgan fingerprint density at radius 2 is 1.00 bits per heavy atom. The van der Waals surface area contributed by atoms with Crippen LogP contribution in [0.1, 0.15) is 20.7 Å². The molecule has 0 atom stereocenters. The zero-order valence-corrected chi connectivity index (χ0v) is 17.5. The molecule has 6 nitrogen and oxygen atoms in total. The molecule has 0 radical (unpaired) electrons. The molecule has 6 heteroatoms. The van der Waals surface area contributed by atoms with Gasteiger partial charge in [-0.15, -0.1) is 0 Å². The summed E-state index contributed by atoms with van der Waals surface area (Å²) in [5, 5.41) is 1.67. The number of fused-ring (bicyclic) bond motifs is 1. The van der Waals surface area contributed by atoms with Gasteiger partial charge in [0.2, 0.25) is 0 Å². The van der Waals surface area contributed by atoms with Crippen molar-refractivity contribution in [3.63, 3.8) is 0 Å². The highest BCUT2D eigenvalue weighted by atomic mass is 16.5. The number of methoxy groups -OCH3 is 2. The Labute approximate surface area is 184 Å². The Balaban J connectivity index is 1.53. The number of rotatable bonds is 6. The van der Waals surface area contributed by atoms with Crippen molar-refractivity contribution in [1.82, 2.24) is 0 Å². The van der Waals surface area contributed by atoms with Gasteiger partial charge >= 0.3 is 11.9 Å². The molecule has 0 saturated carbocycles. The van der Waals surface area contributed by atoms with E-state index in [1.165, 1.54) is 14.2 Å². The molecule has 0 aliphatic heterocycles. The lowest BCUT2D eigenvalue weighted by Crippen LogP contribution is -2.09. The standard InChI is InChI=1S/C26H20O6/c1-29-21-7-3-5-18(13-21)25(27)31-23-11-9-17-10-12-24(16-20(17)15-23)32-26(28)19-6-4-8-22(14-19)30-2/h3-16H,1-2H3. The van der Waals surface area contributed by atoms with Gasteiger partial charge in [0.25, 0.3) is 0 Å². The predicted molar refractivity (Wildman–Crippen MR) is 120 cm³/mol. The summed E-state index contributed by atoms with van der Waals surface area (Å²) in [6.07, 6.45) is 0. The predicted octanol–water partition coefficient (Wildman–Crippen LogP) is 5.30. The van der Waals surface area contributed by atoms with Crippen molar-refractivity contribution in [3.8, 4) is 23.0 Å². The molecule has 0 aliphatic rings. The minimum absolute atomic E-state index is 0.376. The smallest absolute Gasteiger partial charge is 0.343 e. The number of hydrogen-bond donors (Lipinski definition) is 0. The zero-order valence-electron chi connectivity index (χ0n) is 17.5. The van der Waals surface area contributed by atoms with Crippen LogP contribution in [0.25, 0.3) is 10.8 Å². The molecule has 160 valence electrons. The fourth-order valence-corrected chi connectivity index (χ4v) is 3.16. The van der Waals surface area contributed by atoms with Gasteiger partial charge in [-0.2, -0.15) is 0 Å². The van der Waals surface area contributed by atoms with Crippen LogP contribution >= 0.6 is 0 Å². The van der Waals surface area contributed by atoms with Crippen LogP contribution in [0.4, 0.5) is 0 Å². The van der Waals surface area contributed by atoms with Crippen LogP contribution < -0.4 is 18.9 Å². The van der Waals surface area contributed by atoms with Crippen LogP contribution in [0.2, 0.25) is 0 Å². The van der Waals surface area contributed by atoms with E-state index in [0.717, 1.165) is 10.8 Å². The van der Waals surface area contributed by atoms with Crippen LogP contribution in [-0.2, 0) is 0 Å². The van der Waals surface area contributed by atoms with Crippen LogP contribution in [0, 0.1) is 0 Å². The molecular weight excluding hydrogens is 408 g/mol. The average Bonchev–Trinajstić information content (AvgIpc) is 2.83. The monoisotopic (exact) mass is 428 g/mol. The van der Waals surface area contributed by atoms with Crippen molar-refractivity contribution < 1.29 is 28.5 Å². The average molecular weight is 428 g/mol. The summed E-state index contributed by atoms with van der Waals surface area (Å²) in [4.78, 5) is 25.0. The number of benzene rings is 4. The molecule has 0 aliphatic carbocycles. The molecule has 4 aromatic rings. The molecule has 32 heavy (non-hydrogen) atoms. The molecule has 0 N–H and O–H groups in total. The maximum absolute atomic E-state index is 12.5. The molecule has 0 unspecified atom stereocenters. The van der Waals surface area contributed by atoms with E-state index in [1.54, 1.807) is 72.8 Å². The quantitative estimate of drug-likeness (QED) is 0.307. The summed E-state index contributed by atoms with van der Waals surface area (Å²) in [7, 11) is 3.07. The van der Waals surface area contributed by atoms with Crippen molar-refractivity contribution in [2.75, 3.05) is 14.2 Å². The van der Waals surface area contributed by atoms with Gasteiger partial charge in [0.05, 0.1) is 25.3 Å². The van der Waals surface area contributed by atoms with Crippen molar-refractivity contribution in [2.45, 2.75) is 0 Å². The van der Waals surface area contributed by atoms with Gasteiger partial charge in [-0.3, -0.25) is 0 Å². The van der Waals surface area contributed by atoms with E-state index in [2.05, 4.69) is 0 Å². The van der Waals surface area contributed by atoms with Crippen LogP contribution in [-0.4, -0.2) is 26.2 Å². The lowest BCUT2D eigenvalue weighted by molar-refractivity contribution is 0.0725. The molecule has 0 amide bonds. The molecule has 4 rings (SSSR count). The largest absolute Gasteiger partial charge is 0.497 e. The van der Waals surface area contributed by atoms with Crippen molar-refractivity contribution >= 4 is 22.7 Å². The molecule has 0 bridgehead atoms. The first kappa shape index (κ1) is 20.9. The van der Waals surface area contributed by atoms with E-state index in [9.17, 15) is 9.59 Å². The van der Waals surface area contributed by atoms with Crippen molar-refractivity contribution in [1.29, 1.82) is 0 Å². The topological polar surface area (TPSA) is 71.1 Å². The molecule has 0 saturated heterocycles. The fraction of sp³-hybridized carbons (Fsp3) is 0.0769. The fourth-order valence-electron chi connectivity index (χ4n) is 3.16. The van der Waals surface area contributed by atoms with Gasteiger partial charge < -0.3 is 18.9 Å². The highest BCUT2D eigenvalue weighted by molar-refractivity contribution is 5.94. The van der Waals surface area contributed by atoms with E-state index >= 15 is 0 Å². The van der Waals surface area contributed by atoms with Crippen LogP contribution in [0.15, 0.2) is 84.9 Å². The van der Waals surface area contributed by atoms with Crippen LogP contribution in [0.5, 0.6) is 23.0 Å². The van der Waals surface area contributed by atoms with Gasteiger partial charge in [-0.1, -0.05) is 24.3 Å². The second kappa shape index (κ2) is 9.22. The van der Waals surface area contributed by atoms with Gasteiger partial charge in [0, 0.05) is 0 Å². The highest BCUT2D eigenvalue weighted by Crippen LogP contribution is 2.27. The minimum atomic E-state index is -0.496. The van der Waals surface area contributed by atoms with Crippen molar-refractivity contribution in [3.05, 3.63) is 96.1 Å². The summed E-state index contributed by atoms with van der Waals surface area (Å²) in [6, 6.07) is 24.0. The SMILES string of the molecule is COc1cccc(C(=O)Oc2ccc3ccc(OC(=O)c4cccc(OC)c4)cc3c2)c1. The van der Waals surface area contributed by atoms with E-state index < -0.39 is 11.9 Å². The third-order valence-electron chi connectivity index (χ3n) is 4.82. The van der Waals surface area contributed by atoms with Gasteiger partial charge in [-0.25, -0.2) is 9.59 Å². The zero-order chi connectivity index (χ0) is 22.5. The molecule has 0 fully saturated rings. The number of carbonyl (C=O) groups is 2.